The molecular formula is C16H18F3N3O3. The Morgan fingerprint density at radius 2 is 1.80 bits per heavy atom. The molecule has 0 unspecified atom stereocenters. The van der Waals surface area contributed by atoms with Gasteiger partial charge < -0.3 is 9.80 Å². The second-order valence-electron chi connectivity index (χ2n) is 5.99. The third kappa shape index (κ3) is 4.49. The monoisotopic (exact) mass is 357 g/mol. The fourth-order valence-corrected chi connectivity index (χ4v) is 2.62. The number of hydrogen-bond donors (Lipinski definition) is 0. The van der Waals surface area contributed by atoms with Gasteiger partial charge >= 0.3 is 6.18 Å². The number of hydrogen-bond acceptors (Lipinski definition) is 4. The molecule has 0 aliphatic carbocycles. The number of nitrogens with zero attached hydrogens (tertiary/aromatic N) is 3. The number of benzene rings is 1. The van der Waals surface area contributed by atoms with Gasteiger partial charge in [-0.25, -0.2) is 0 Å². The summed E-state index contributed by atoms with van der Waals surface area (Å²) in [4.78, 5) is 25.6. The van der Waals surface area contributed by atoms with Gasteiger partial charge in [0.1, 0.15) is 5.69 Å². The van der Waals surface area contributed by atoms with Crippen LogP contribution in [-0.4, -0.2) is 41.9 Å². The summed E-state index contributed by atoms with van der Waals surface area (Å²) < 4.78 is 38.3. The van der Waals surface area contributed by atoms with E-state index in [0.717, 1.165) is 17.7 Å². The Kier molecular flexibility index (Phi) is 5.34. The molecule has 2 rings (SSSR count). The molecule has 1 aliphatic heterocycles. The Labute approximate surface area is 142 Å². The van der Waals surface area contributed by atoms with Crippen LogP contribution in [0, 0.1) is 10.1 Å². The summed E-state index contributed by atoms with van der Waals surface area (Å²) in [7, 11) is 0. The molecule has 1 aromatic rings. The number of anilines is 1. The van der Waals surface area contributed by atoms with E-state index in [1.807, 2.05) is 0 Å². The molecule has 0 N–H and O–H groups in total. The van der Waals surface area contributed by atoms with Crippen LogP contribution in [0.1, 0.15) is 19.4 Å². The Morgan fingerprint density at radius 3 is 2.28 bits per heavy atom. The van der Waals surface area contributed by atoms with E-state index in [9.17, 15) is 28.1 Å². The van der Waals surface area contributed by atoms with Crippen molar-refractivity contribution in [2.75, 3.05) is 31.1 Å². The van der Waals surface area contributed by atoms with E-state index in [1.54, 1.807) is 23.6 Å². The average Bonchev–Trinajstić information content (AvgIpc) is 2.53. The molecule has 0 saturated carbocycles. The highest BCUT2D eigenvalue weighted by Gasteiger charge is 2.34. The van der Waals surface area contributed by atoms with E-state index < -0.39 is 22.4 Å². The van der Waals surface area contributed by atoms with Crippen LogP contribution in [0.25, 0.3) is 0 Å². The first-order chi connectivity index (χ1) is 11.6. The highest BCUT2D eigenvalue weighted by atomic mass is 19.4. The Hall–Kier alpha value is -2.58. The number of nitro benzene ring substituents is 1. The van der Waals surface area contributed by atoms with Crippen molar-refractivity contribution >= 4 is 17.3 Å². The molecule has 1 amide bonds. The molecule has 6 nitrogen and oxygen atoms in total. The number of allylic oxidation sites excluding steroid dienone is 1. The van der Waals surface area contributed by atoms with Crippen molar-refractivity contribution in [3.05, 3.63) is 45.5 Å². The van der Waals surface area contributed by atoms with E-state index >= 15 is 0 Å². The molecule has 25 heavy (non-hydrogen) atoms. The second-order valence-corrected chi connectivity index (χ2v) is 5.99. The molecule has 0 spiro atoms. The van der Waals surface area contributed by atoms with Crippen LogP contribution < -0.4 is 4.90 Å². The van der Waals surface area contributed by atoms with Crippen LogP contribution in [0.2, 0.25) is 0 Å². The highest BCUT2D eigenvalue weighted by molar-refractivity contribution is 5.88. The highest BCUT2D eigenvalue weighted by Crippen LogP contribution is 2.36. The number of rotatable bonds is 3. The van der Waals surface area contributed by atoms with Gasteiger partial charge in [0.05, 0.1) is 10.5 Å². The SMILES string of the molecule is CC(C)=CC(=O)N1CCN(c2ccc(C(F)(F)F)cc2[N+](=O)[O-])CC1. The molecule has 1 heterocycles. The standard InChI is InChI=1S/C16H18F3N3O3/c1-11(2)9-15(23)21-7-5-20(6-8-21)13-4-3-12(16(17,18)19)10-14(13)22(24)25/h3-4,9-10H,5-8H2,1-2H3. The second kappa shape index (κ2) is 7.12. The maximum Gasteiger partial charge on any atom is 0.416 e. The number of halogens is 3. The molecule has 1 fully saturated rings. The minimum atomic E-state index is -4.64. The van der Waals surface area contributed by atoms with E-state index in [-0.39, 0.29) is 11.6 Å². The normalized spacial score (nSPS) is 15.1. The molecule has 0 bridgehead atoms. The van der Waals surface area contributed by atoms with Gasteiger partial charge in [-0.1, -0.05) is 5.57 Å². The van der Waals surface area contributed by atoms with E-state index in [0.29, 0.717) is 32.2 Å². The fraction of sp³-hybridized carbons (Fsp3) is 0.438. The lowest BCUT2D eigenvalue weighted by atomic mass is 10.1. The maximum atomic E-state index is 12.8. The van der Waals surface area contributed by atoms with Crippen molar-refractivity contribution < 1.29 is 22.9 Å². The van der Waals surface area contributed by atoms with Crippen molar-refractivity contribution in [3.8, 4) is 0 Å². The molecule has 136 valence electrons. The minimum Gasteiger partial charge on any atom is -0.362 e. The van der Waals surface area contributed by atoms with Crippen molar-refractivity contribution in [2.24, 2.45) is 0 Å². The first-order valence-electron chi connectivity index (χ1n) is 7.64. The van der Waals surface area contributed by atoms with Crippen LogP contribution in [0.15, 0.2) is 29.8 Å². The number of carbonyl (C=O) groups excluding carboxylic acids is 1. The number of amides is 1. The Balaban J connectivity index is 2.19. The van der Waals surface area contributed by atoms with Gasteiger partial charge in [0.25, 0.3) is 5.69 Å². The van der Waals surface area contributed by atoms with Gasteiger partial charge in [-0.2, -0.15) is 13.2 Å². The predicted octanol–water partition coefficient (Wildman–Crippen LogP) is 3.23. The zero-order chi connectivity index (χ0) is 18.8. The van der Waals surface area contributed by atoms with E-state index in [4.69, 9.17) is 0 Å². The van der Waals surface area contributed by atoms with E-state index in [1.165, 1.54) is 6.08 Å². The third-order valence-corrected chi connectivity index (χ3v) is 3.84. The minimum absolute atomic E-state index is 0.132. The summed E-state index contributed by atoms with van der Waals surface area (Å²) >= 11 is 0. The zero-order valence-electron chi connectivity index (χ0n) is 13.8. The summed E-state index contributed by atoms with van der Waals surface area (Å²) in [5.74, 6) is -0.137. The Bertz CT molecular complexity index is 704. The molecule has 9 heteroatoms. The molecule has 1 saturated heterocycles. The molecular weight excluding hydrogens is 339 g/mol. The summed E-state index contributed by atoms with van der Waals surface area (Å²) in [5, 5.41) is 11.2. The quantitative estimate of drug-likeness (QED) is 0.473. The summed E-state index contributed by atoms with van der Waals surface area (Å²) in [5.41, 5.74) is -0.641. The largest absolute Gasteiger partial charge is 0.416 e. The van der Waals surface area contributed by atoms with Gasteiger partial charge in [0.2, 0.25) is 5.91 Å². The smallest absolute Gasteiger partial charge is 0.362 e. The number of alkyl halides is 3. The summed E-state index contributed by atoms with van der Waals surface area (Å²) in [6, 6.07) is 2.51. The molecule has 1 aliphatic rings. The first kappa shape index (κ1) is 18.8. The van der Waals surface area contributed by atoms with Crippen LogP contribution in [-0.2, 0) is 11.0 Å². The summed E-state index contributed by atoms with van der Waals surface area (Å²) in [6.45, 7) is 4.93. The van der Waals surface area contributed by atoms with Gasteiger partial charge in [0.15, 0.2) is 0 Å². The number of nitro groups is 1. The average molecular weight is 357 g/mol. The number of piperazine rings is 1. The van der Waals surface area contributed by atoms with Gasteiger partial charge in [-0.3, -0.25) is 14.9 Å². The van der Waals surface area contributed by atoms with Crippen molar-refractivity contribution in [1.29, 1.82) is 0 Å². The van der Waals surface area contributed by atoms with Crippen LogP contribution in [0.4, 0.5) is 24.5 Å². The summed E-state index contributed by atoms with van der Waals surface area (Å²) in [6.07, 6.45) is -3.13. The molecule has 0 aromatic heterocycles. The molecule has 0 atom stereocenters. The van der Waals surface area contributed by atoms with Crippen LogP contribution >= 0.6 is 0 Å². The topological polar surface area (TPSA) is 66.7 Å². The lowest BCUT2D eigenvalue weighted by Gasteiger charge is -2.35. The maximum absolute atomic E-state index is 12.8. The molecule has 1 aromatic carbocycles. The fourth-order valence-electron chi connectivity index (χ4n) is 2.62. The van der Waals surface area contributed by atoms with Gasteiger partial charge in [-0.05, 0) is 26.0 Å². The lowest BCUT2D eigenvalue weighted by Crippen LogP contribution is -2.48. The first-order valence-corrected chi connectivity index (χ1v) is 7.64. The Morgan fingerprint density at radius 1 is 1.20 bits per heavy atom. The van der Waals surface area contributed by atoms with Crippen molar-refractivity contribution in [1.82, 2.24) is 4.90 Å². The van der Waals surface area contributed by atoms with Crippen molar-refractivity contribution in [2.45, 2.75) is 20.0 Å². The molecule has 0 radical (unpaired) electrons. The van der Waals surface area contributed by atoms with Crippen molar-refractivity contribution in [3.63, 3.8) is 0 Å². The third-order valence-electron chi connectivity index (χ3n) is 3.84. The van der Waals surface area contributed by atoms with E-state index in [2.05, 4.69) is 0 Å². The lowest BCUT2D eigenvalue weighted by molar-refractivity contribution is -0.384. The van der Waals surface area contributed by atoms with Gasteiger partial charge in [-0.15, -0.1) is 0 Å². The van der Waals surface area contributed by atoms with Crippen LogP contribution in [0.3, 0.4) is 0 Å². The van der Waals surface area contributed by atoms with Gasteiger partial charge in [0, 0.05) is 38.3 Å². The predicted molar refractivity (Wildman–Crippen MR) is 86.3 cm³/mol. The number of carbonyl (C=O) groups is 1. The van der Waals surface area contributed by atoms with Crippen LogP contribution in [0.5, 0.6) is 0 Å². The zero-order valence-corrected chi connectivity index (χ0v) is 13.8.